The Morgan fingerprint density at radius 2 is 1.95 bits per heavy atom. The first-order valence-electron chi connectivity index (χ1n) is 7.93. The van der Waals surface area contributed by atoms with E-state index in [-0.39, 0.29) is 0 Å². The Morgan fingerprint density at radius 3 is 2.75 bits per heavy atom. The molecule has 108 valence electrons. The molecule has 3 rings (SSSR count). The number of hydrogen-bond donors (Lipinski definition) is 1. The first-order valence-corrected chi connectivity index (χ1v) is 7.93. The second-order valence-corrected chi connectivity index (χ2v) is 5.95. The van der Waals surface area contributed by atoms with Crippen LogP contribution in [0.5, 0.6) is 0 Å². The maximum Gasteiger partial charge on any atom is 0.226 e. The summed E-state index contributed by atoms with van der Waals surface area (Å²) in [5.41, 5.74) is 4.03. The molecule has 1 amide bonds. The number of carbonyl (C=O) groups is 1. The Kier molecular flexibility index (Phi) is 4.36. The summed E-state index contributed by atoms with van der Waals surface area (Å²) in [4.78, 5) is 14.6. The maximum absolute atomic E-state index is 12.5. The number of fused-ring (bicyclic) bond motifs is 1. The van der Waals surface area contributed by atoms with Crippen molar-refractivity contribution < 1.29 is 4.79 Å². The number of amides is 1. The number of hydrogen-bond acceptors (Lipinski definition) is 2. The normalized spacial score (nSPS) is 19.3. The average Bonchev–Trinajstić information content (AvgIpc) is 2.77. The van der Waals surface area contributed by atoms with Crippen LogP contribution >= 0.6 is 0 Å². The fourth-order valence-electron chi connectivity index (χ4n) is 3.37. The van der Waals surface area contributed by atoms with Crippen LogP contribution in [0.2, 0.25) is 0 Å². The molecule has 20 heavy (non-hydrogen) atoms. The molecule has 0 aromatic heterocycles. The molecule has 3 heteroatoms. The SMILES string of the molecule is O=C(Cc1cccc2c1CCNC2)N1CCCCCC1. The van der Waals surface area contributed by atoms with Gasteiger partial charge in [-0.3, -0.25) is 4.79 Å². The highest BCUT2D eigenvalue weighted by Crippen LogP contribution is 2.20. The molecular weight excluding hydrogens is 248 g/mol. The number of likely N-dealkylation sites (tertiary alicyclic amines) is 1. The summed E-state index contributed by atoms with van der Waals surface area (Å²) in [5, 5.41) is 3.40. The van der Waals surface area contributed by atoms with Gasteiger partial charge < -0.3 is 10.2 Å². The van der Waals surface area contributed by atoms with Crippen LogP contribution in [-0.2, 0) is 24.2 Å². The number of rotatable bonds is 2. The van der Waals surface area contributed by atoms with Gasteiger partial charge in [0.25, 0.3) is 0 Å². The Labute approximate surface area is 121 Å². The van der Waals surface area contributed by atoms with Crippen molar-refractivity contribution in [3.63, 3.8) is 0 Å². The zero-order chi connectivity index (χ0) is 13.8. The van der Waals surface area contributed by atoms with Crippen LogP contribution in [0.4, 0.5) is 0 Å². The maximum atomic E-state index is 12.5. The predicted octanol–water partition coefficient (Wildman–Crippen LogP) is 2.28. The summed E-state index contributed by atoms with van der Waals surface area (Å²) in [5.74, 6) is 0.318. The monoisotopic (exact) mass is 272 g/mol. The molecule has 0 atom stereocenters. The number of carbonyl (C=O) groups excluding carboxylic acids is 1. The van der Waals surface area contributed by atoms with Crippen LogP contribution in [0, 0.1) is 0 Å². The molecule has 2 aliphatic rings. The van der Waals surface area contributed by atoms with Crippen molar-refractivity contribution in [2.75, 3.05) is 19.6 Å². The van der Waals surface area contributed by atoms with Crippen molar-refractivity contribution >= 4 is 5.91 Å². The van der Waals surface area contributed by atoms with Crippen molar-refractivity contribution in [2.45, 2.75) is 45.1 Å². The number of benzene rings is 1. The molecule has 1 fully saturated rings. The van der Waals surface area contributed by atoms with Crippen molar-refractivity contribution in [2.24, 2.45) is 0 Å². The molecule has 0 saturated carbocycles. The minimum Gasteiger partial charge on any atom is -0.342 e. The molecule has 1 saturated heterocycles. The van der Waals surface area contributed by atoms with Gasteiger partial charge in [-0.1, -0.05) is 31.0 Å². The van der Waals surface area contributed by atoms with Crippen LogP contribution in [0.3, 0.4) is 0 Å². The minimum atomic E-state index is 0.318. The third-order valence-corrected chi connectivity index (χ3v) is 4.54. The molecule has 0 unspecified atom stereocenters. The summed E-state index contributed by atoms with van der Waals surface area (Å²) in [7, 11) is 0. The first kappa shape index (κ1) is 13.6. The van der Waals surface area contributed by atoms with Gasteiger partial charge in [0.1, 0.15) is 0 Å². The van der Waals surface area contributed by atoms with Gasteiger partial charge in [-0.15, -0.1) is 0 Å². The summed E-state index contributed by atoms with van der Waals surface area (Å²) in [6.07, 6.45) is 6.53. The van der Waals surface area contributed by atoms with Crippen LogP contribution in [0.15, 0.2) is 18.2 Å². The Morgan fingerprint density at radius 1 is 1.15 bits per heavy atom. The topological polar surface area (TPSA) is 32.3 Å². The number of nitrogens with zero attached hydrogens (tertiary/aromatic N) is 1. The Hall–Kier alpha value is -1.35. The molecule has 0 spiro atoms. The molecule has 2 aliphatic heterocycles. The Bertz CT molecular complexity index is 476. The standard InChI is InChI=1S/C17H24N2O/c20-17(19-10-3-1-2-4-11-19)12-14-6-5-7-15-13-18-9-8-16(14)15/h5-7,18H,1-4,8-13H2. The van der Waals surface area contributed by atoms with Gasteiger partial charge in [0.15, 0.2) is 0 Å². The number of nitrogens with one attached hydrogen (secondary N) is 1. The van der Waals surface area contributed by atoms with E-state index < -0.39 is 0 Å². The van der Waals surface area contributed by atoms with Crippen molar-refractivity contribution in [1.29, 1.82) is 0 Å². The smallest absolute Gasteiger partial charge is 0.226 e. The fourth-order valence-corrected chi connectivity index (χ4v) is 3.37. The molecule has 3 nitrogen and oxygen atoms in total. The average molecular weight is 272 g/mol. The molecule has 0 aliphatic carbocycles. The molecule has 0 radical (unpaired) electrons. The van der Waals surface area contributed by atoms with Gasteiger partial charge in [-0.25, -0.2) is 0 Å². The molecule has 1 N–H and O–H groups in total. The lowest BCUT2D eigenvalue weighted by atomic mass is 9.93. The summed E-state index contributed by atoms with van der Waals surface area (Å²) in [6.45, 7) is 3.88. The van der Waals surface area contributed by atoms with Crippen LogP contribution in [-0.4, -0.2) is 30.4 Å². The van der Waals surface area contributed by atoms with Gasteiger partial charge in [-0.2, -0.15) is 0 Å². The zero-order valence-corrected chi connectivity index (χ0v) is 12.2. The third kappa shape index (κ3) is 3.04. The lowest BCUT2D eigenvalue weighted by molar-refractivity contribution is -0.130. The van der Waals surface area contributed by atoms with E-state index in [2.05, 4.69) is 28.4 Å². The molecule has 1 aromatic carbocycles. The third-order valence-electron chi connectivity index (χ3n) is 4.54. The lowest BCUT2D eigenvalue weighted by Gasteiger charge is -2.23. The highest BCUT2D eigenvalue weighted by atomic mass is 16.2. The van der Waals surface area contributed by atoms with Crippen molar-refractivity contribution in [3.05, 3.63) is 34.9 Å². The van der Waals surface area contributed by atoms with E-state index in [1.54, 1.807) is 0 Å². The van der Waals surface area contributed by atoms with Crippen molar-refractivity contribution in [3.8, 4) is 0 Å². The van der Waals surface area contributed by atoms with Gasteiger partial charge in [-0.05, 0) is 42.5 Å². The second kappa shape index (κ2) is 6.40. The molecule has 2 heterocycles. The summed E-state index contributed by atoms with van der Waals surface area (Å²) >= 11 is 0. The van der Waals surface area contributed by atoms with E-state index in [0.29, 0.717) is 12.3 Å². The quantitative estimate of drug-likeness (QED) is 0.896. The summed E-state index contributed by atoms with van der Waals surface area (Å²) in [6, 6.07) is 6.41. The molecule has 1 aromatic rings. The van der Waals surface area contributed by atoms with E-state index in [1.165, 1.54) is 42.4 Å². The molecular formula is C17H24N2O. The van der Waals surface area contributed by atoms with Gasteiger partial charge in [0.05, 0.1) is 6.42 Å². The van der Waals surface area contributed by atoms with Gasteiger partial charge >= 0.3 is 0 Å². The highest BCUT2D eigenvalue weighted by molar-refractivity contribution is 5.79. The first-order chi connectivity index (χ1) is 9.84. The van der Waals surface area contributed by atoms with Crippen LogP contribution in [0.25, 0.3) is 0 Å². The Balaban J connectivity index is 1.72. The zero-order valence-electron chi connectivity index (χ0n) is 12.2. The summed E-state index contributed by atoms with van der Waals surface area (Å²) < 4.78 is 0. The minimum absolute atomic E-state index is 0.318. The second-order valence-electron chi connectivity index (χ2n) is 5.95. The van der Waals surface area contributed by atoms with E-state index in [9.17, 15) is 4.79 Å². The van der Waals surface area contributed by atoms with E-state index in [0.717, 1.165) is 32.6 Å². The van der Waals surface area contributed by atoms with E-state index >= 15 is 0 Å². The van der Waals surface area contributed by atoms with E-state index in [1.807, 2.05) is 0 Å². The van der Waals surface area contributed by atoms with Crippen molar-refractivity contribution in [1.82, 2.24) is 10.2 Å². The van der Waals surface area contributed by atoms with Crippen LogP contribution in [0.1, 0.15) is 42.4 Å². The fraction of sp³-hybridized carbons (Fsp3) is 0.588. The predicted molar refractivity (Wildman–Crippen MR) is 80.6 cm³/mol. The van der Waals surface area contributed by atoms with Gasteiger partial charge in [0.2, 0.25) is 5.91 Å². The lowest BCUT2D eigenvalue weighted by Crippen LogP contribution is -2.33. The highest BCUT2D eigenvalue weighted by Gasteiger charge is 2.19. The largest absolute Gasteiger partial charge is 0.342 e. The molecule has 0 bridgehead atoms. The van der Waals surface area contributed by atoms with Crippen LogP contribution < -0.4 is 5.32 Å². The van der Waals surface area contributed by atoms with Gasteiger partial charge in [0, 0.05) is 19.6 Å². The van der Waals surface area contributed by atoms with E-state index in [4.69, 9.17) is 0 Å².